The smallest absolute Gasteiger partial charge is 0.191 e. The number of nitrogens with zero attached hydrogens (tertiary/aromatic N) is 3. The van der Waals surface area contributed by atoms with Crippen LogP contribution in [0, 0.1) is 5.82 Å². The van der Waals surface area contributed by atoms with E-state index < -0.39 is 0 Å². The van der Waals surface area contributed by atoms with Crippen molar-refractivity contribution in [2.24, 2.45) is 0 Å². The first-order valence-electron chi connectivity index (χ1n) is 6.39. The summed E-state index contributed by atoms with van der Waals surface area (Å²) < 4.78 is 14.7. The molecule has 0 saturated carbocycles. The first-order valence-corrected chi connectivity index (χ1v) is 7.37. The zero-order valence-electron chi connectivity index (χ0n) is 11.4. The number of hydrogen-bond acceptors (Lipinski definition) is 4. The first kappa shape index (κ1) is 14.7. The molecule has 0 unspecified atom stereocenters. The number of ketones is 1. The third-order valence-electron chi connectivity index (χ3n) is 2.82. The Kier molecular flexibility index (Phi) is 4.89. The van der Waals surface area contributed by atoms with Crippen LogP contribution < -0.4 is 0 Å². The summed E-state index contributed by atoms with van der Waals surface area (Å²) in [6.07, 6.45) is 2.08. The number of hydrogen-bond donors (Lipinski definition) is 0. The first-order chi connectivity index (χ1) is 9.58. The Morgan fingerprint density at radius 2 is 2.05 bits per heavy atom. The highest BCUT2D eigenvalue weighted by Gasteiger charge is 2.10. The number of carbonyl (C=O) groups excluding carboxylic acids is 1. The van der Waals surface area contributed by atoms with E-state index in [4.69, 9.17) is 0 Å². The lowest BCUT2D eigenvalue weighted by Gasteiger charge is -2.08. The van der Waals surface area contributed by atoms with E-state index in [9.17, 15) is 9.18 Å². The molecule has 1 aromatic carbocycles. The Morgan fingerprint density at radius 3 is 2.70 bits per heavy atom. The second-order valence-corrected chi connectivity index (χ2v) is 5.71. The normalized spacial score (nSPS) is 11.0. The Bertz CT molecular complexity index is 580. The molecule has 0 aliphatic heterocycles. The van der Waals surface area contributed by atoms with E-state index in [0.29, 0.717) is 23.8 Å². The highest BCUT2D eigenvalue weighted by Crippen LogP contribution is 2.20. The van der Waals surface area contributed by atoms with Crippen LogP contribution in [0.25, 0.3) is 0 Å². The van der Waals surface area contributed by atoms with E-state index in [-0.39, 0.29) is 11.6 Å². The van der Waals surface area contributed by atoms with Gasteiger partial charge in [-0.25, -0.2) is 4.39 Å². The van der Waals surface area contributed by atoms with Crippen molar-refractivity contribution in [3.63, 3.8) is 0 Å². The van der Waals surface area contributed by atoms with Crippen molar-refractivity contribution in [2.75, 3.05) is 5.75 Å². The van der Waals surface area contributed by atoms with Crippen LogP contribution in [0.2, 0.25) is 0 Å². The van der Waals surface area contributed by atoms with Crippen molar-refractivity contribution < 1.29 is 9.18 Å². The third kappa shape index (κ3) is 3.66. The van der Waals surface area contributed by atoms with E-state index in [1.54, 1.807) is 6.33 Å². The van der Waals surface area contributed by atoms with Crippen LogP contribution >= 0.6 is 11.8 Å². The minimum atomic E-state index is -0.332. The molecule has 20 heavy (non-hydrogen) atoms. The molecular formula is C14H16FN3OS. The van der Waals surface area contributed by atoms with E-state index in [1.165, 1.54) is 36.0 Å². The van der Waals surface area contributed by atoms with Gasteiger partial charge in [0.25, 0.3) is 0 Å². The summed E-state index contributed by atoms with van der Waals surface area (Å²) in [7, 11) is 0. The monoisotopic (exact) mass is 293 g/mol. The van der Waals surface area contributed by atoms with Crippen LogP contribution in [-0.4, -0.2) is 26.3 Å². The molecule has 0 aliphatic rings. The molecule has 0 atom stereocenters. The SMILES string of the molecule is CC(C)n1cnnc1SCCC(=O)c1ccc(F)cc1. The van der Waals surface area contributed by atoms with Gasteiger partial charge in [-0.15, -0.1) is 10.2 Å². The molecule has 106 valence electrons. The van der Waals surface area contributed by atoms with Gasteiger partial charge in [0.2, 0.25) is 0 Å². The van der Waals surface area contributed by atoms with Crippen molar-refractivity contribution in [3.8, 4) is 0 Å². The van der Waals surface area contributed by atoms with Crippen molar-refractivity contribution in [2.45, 2.75) is 31.5 Å². The fourth-order valence-electron chi connectivity index (χ4n) is 1.70. The van der Waals surface area contributed by atoms with Gasteiger partial charge in [0.15, 0.2) is 10.9 Å². The van der Waals surface area contributed by atoms with Gasteiger partial charge in [-0.3, -0.25) is 4.79 Å². The van der Waals surface area contributed by atoms with Crippen LogP contribution in [0.15, 0.2) is 35.7 Å². The Hall–Kier alpha value is -1.69. The maximum Gasteiger partial charge on any atom is 0.191 e. The largest absolute Gasteiger partial charge is 0.306 e. The number of carbonyl (C=O) groups is 1. The predicted octanol–water partition coefficient (Wildman–Crippen LogP) is 3.36. The minimum absolute atomic E-state index is 0.00751. The van der Waals surface area contributed by atoms with Crippen LogP contribution in [0.3, 0.4) is 0 Å². The standard InChI is InChI=1S/C14H16FN3OS/c1-10(2)18-9-16-17-14(18)20-8-7-13(19)11-3-5-12(15)6-4-11/h3-6,9-10H,7-8H2,1-2H3. The van der Waals surface area contributed by atoms with Gasteiger partial charge in [0.05, 0.1) is 0 Å². The van der Waals surface area contributed by atoms with Crippen LogP contribution in [0.5, 0.6) is 0 Å². The molecule has 0 radical (unpaired) electrons. The lowest BCUT2D eigenvalue weighted by Crippen LogP contribution is -2.03. The van der Waals surface area contributed by atoms with Gasteiger partial charge in [-0.1, -0.05) is 11.8 Å². The molecule has 6 heteroatoms. The average molecular weight is 293 g/mol. The van der Waals surface area contributed by atoms with Gasteiger partial charge in [0, 0.05) is 23.8 Å². The van der Waals surface area contributed by atoms with Crippen LogP contribution in [0.1, 0.15) is 36.7 Å². The van der Waals surface area contributed by atoms with Crippen molar-refractivity contribution in [1.29, 1.82) is 0 Å². The number of Topliss-reactive ketones (excluding diaryl/α,β-unsaturated/α-hetero) is 1. The molecule has 4 nitrogen and oxygen atoms in total. The van der Waals surface area contributed by atoms with Gasteiger partial charge < -0.3 is 4.57 Å². The molecule has 0 N–H and O–H groups in total. The maximum absolute atomic E-state index is 12.8. The van der Waals surface area contributed by atoms with E-state index in [1.807, 2.05) is 4.57 Å². The fraction of sp³-hybridized carbons (Fsp3) is 0.357. The zero-order chi connectivity index (χ0) is 14.5. The Morgan fingerprint density at radius 1 is 1.35 bits per heavy atom. The molecule has 0 spiro atoms. The average Bonchev–Trinajstić information content (AvgIpc) is 2.88. The molecule has 2 rings (SSSR count). The second kappa shape index (κ2) is 6.65. The summed E-state index contributed by atoms with van der Waals surface area (Å²) in [6, 6.07) is 5.92. The van der Waals surface area contributed by atoms with Crippen LogP contribution in [-0.2, 0) is 0 Å². The van der Waals surface area contributed by atoms with Crippen molar-refractivity contribution >= 4 is 17.5 Å². The topological polar surface area (TPSA) is 47.8 Å². The van der Waals surface area contributed by atoms with E-state index in [2.05, 4.69) is 24.0 Å². The summed E-state index contributed by atoms with van der Waals surface area (Å²) in [5.41, 5.74) is 0.539. The molecule has 0 bridgehead atoms. The highest BCUT2D eigenvalue weighted by atomic mass is 32.2. The van der Waals surface area contributed by atoms with Gasteiger partial charge in [-0.2, -0.15) is 0 Å². The number of benzene rings is 1. The molecule has 0 saturated heterocycles. The predicted molar refractivity (Wildman–Crippen MR) is 76.5 cm³/mol. The minimum Gasteiger partial charge on any atom is -0.306 e. The number of aromatic nitrogens is 3. The summed E-state index contributed by atoms with van der Waals surface area (Å²) in [5, 5.41) is 8.72. The molecule has 0 aliphatic carbocycles. The zero-order valence-corrected chi connectivity index (χ0v) is 12.2. The van der Waals surface area contributed by atoms with Gasteiger partial charge >= 0.3 is 0 Å². The lowest BCUT2D eigenvalue weighted by molar-refractivity contribution is 0.0989. The van der Waals surface area contributed by atoms with E-state index >= 15 is 0 Å². The Labute approximate surface area is 121 Å². The summed E-state index contributed by atoms with van der Waals surface area (Å²) >= 11 is 1.50. The number of halogens is 1. The second-order valence-electron chi connectivity index (χ2n) is 4.64. The molecule has 1 heterocycles. The fourth-order valence-corrected chi connectivity index (χ4v) is 2.69. The molecule has 0 fully saturated rings. The molecule has 2 aromatic rings. The quantitative estimate of drug-likeness (QED) is 0.605. The lowest BCUT2D eigenvalue weighted by atomic mass is 10.1. The van der Waals surface area contributed by atoms with E-state index in [0.717, 1.165) is 5.16 Å². The summed E-state index contributed by atoms with van der Waals surface area (Å²) in [6.45, 7) is 4.11. The highest BCUT2D eigenvalue weighted by molar-refractivity contribution is 7.99. The molecule has 1 aromatic heterocycles. The van der Waals surface area contributed by atoms with Gasteiger partial charge in [0.1, 0.15) is 12.1 Å². The van der Waals surface area contributed by atoms with Crippen molar-refractivity contribution in [3.05, 3.63) is 42.0 Å². The number of thioether (sulfide) groups is 1. The van der Waals surface area contributed by atoms with Gasteiger partial charge in [-0.05, 0) is 38.1 Å². The number of rotatable bonds is 6. The van der Waals surface area contributed by atoms with Crippen LogP contribution in [0.4, 0.5) is 4.39 Å². The van der Waals surface area contributed by atoms with Crippen molar-refractivity contribution in [1.82, 2.24) is 14.8 Å². The summed E-state index contributed by atoms with van der Waals surface area (Å²) in [4.78, 5) is 11.9. The summed E-state index contributed by atoms with van der Waals surface area (Å²) in [5.74, 6) is 0.302. The Balaban J connectivity index is 1.88. The molecule has 0 amide bonds. The third-order valence-corrected chi connectivity index (χ3v) is 3.78. The molecular weight excluding hydrogens is 277 g/mol. The maximum atomic E-state index is 12.8.